The quantitative estimate of drug-likeness (QED) is 0.252. The highest BCUT2D eigenvalue weighted by molar-refractivity contribution is 5.76. The van der Waals surface area contributed by atoms with Gasteiger partial charge in [0.25, 0.3) is 0 Å². The van der Waals surface area contributed by atoms with Crippen LogP contribution in [0.5, 0.6) is 0 Å². The van der Waals surface area contributed by atoms with Gasteiger partial charge in [0, 0.05) is 6.42 Å². The van der Waals surface area contributed by atoms with Gasteiger partial charge in [0.1, 0.15) is 5.72 Å². The third kappa shape index (κ3) is 10.5. The number of hydroxylamine groups is 2. The van der Waals surface area contributed by atoms with Crippen LogP contribution in [0, 0.1) is 0 Å². The molecule has 6 heteroatoms. The lowest BCUT2D eigenvalue weighted by atomic mass is 9.95. The second-order valence-electron chi connectivity index (χ2n) is 11.1. The van der Waals surface area contributed by atoms with E-state index in [9.17, 15) is 15.1 Å². The fraction of sp³-hybridized carbons (Fsp3) is 0.962. The van der Waals surface area contributed by atoms with Gasteiger partial charge in [0.15, 0.2) is 0 Å². The molecule has 0 aromatic rings. The molecule has 0 aliphatic carbocycles. The zero-order valence-electron chi connectivity index (χ0n) is 21.6. The first-order valence-electron chi connectivity index (χ1n) is 13.1. The molecule has 0 bridgehead atoms. The maximum absolute atomic E-state index is 13.1. The first-order chi connectivity index (χ1) is 15.1. The van der Waals surface area contributed by atoms with Gasteiger partial charge in [-0.05, 0) is 53.4 Å². The summed E-state index contributed by atoms with van der Waals surface area (Å²) >= 11 is 0. The van der Waals surface area contributed by atoms with Crippen molar-refractivity contribution in [1.29, 1.82) is 0 Å². The van der Waals surface area contributed by atoms with E-state index >= 15 is 0 Å². The fourth-order valence-corrected chi connectivity index (χ4v) is 4.52. The minimum absolute atomic E-state index is 0.0939. The molecule has 0 aromatic heterocycles. The van der Waals surface area contributed by atoms with Gasteiger partial charge in [0.2, 0.25) is 5.91 Å². The Morgan fingerprint density at radius 2 is 1.44 bits per heavy atom. The van der Waals surface area contributed by atoms with Crippen molar-refractivity contribution in [3.63, 3.8) is 0 Å². The number of carbonyl (C=O) groups excluding carboxylic acids is 1. The van der Waals surface area contributed by atoms with Gasteiger partial charge in [0.05, 0.1) is 24.3 Å². The molecule has 1 rings (SSSR count). The van der Waals surface area contributed by atoms with E-state index in [1.54, 1.807) is 13.8 Å². The Morgan fingerprint density at radius 3 is 1.91 bits per heavy atom. The molecule has 1 radical (unpaired) electrons. The summed E-state index contributed by atoms with van der Waals surface area (Å²) in [6.07, 6.45) is 16.2. The lowest BCUT2D eigenvalue weighted by molar-refractivity contribution is -0.296. The summed E-state index contributed by atoms with van der Waals surface area (Å²) in [4.78, 5) is 12.2. The van der Waals surface area contributed by atoms with Crippen molar-refractivity contribution in [2.24, 2.45) is 0 Å². The topological polar surface area (TPSA) is 81.7 Å². The van der Waals surface area contributed by atoms with Gasteiger partial charge in [-0.3, -0.25) is 4.79 Å². The SMILES string of the molecule is CCCCCCCCCCCCCC1(CCCC(=O)NC(C)(C)CO)OCC(C)(C)N1[O]. The Morgan fingerprint density at radius 1 is 0.938 bits per heavy atom. The van der Waals surface area contributed by atoms with Crippen LogP contribution in [0.1, 0.15) is 131 Å². The predicted molar refractivity (Wildman–Crippen MR) is 130 cm³/mol. The smallest absolute Gasteiger partial charge is 0.220 e. The molecule has 1 unspecified atom stereocenters. The molecule has 1 heterocycles. The molecule has 0 spiro atoms. The number of unbranched alkanes of at least 4 members (excludes halogenated alkanes) is 10. The fourth-order valence-electron chi connectivity index (χ4n) is 4.52. The molecular formula is C26H51N2O4. The first-order valence-corrected chi connectivity index (χ1v) is 13.1. The van der Waals surface area contributed by atoms with Gasteiger partial charge in [-0.2, -0.15) is 0 Å². The van der Waals surface area contributed by atoms with E-state index in [0.717, 1.165) is 24.3 Å². The molecule has 2 N–H and O–H groups in total. The van der Waals surface area contributed by atoms with E-state index in [1.807, 2.05) is 13.8 Å². The number of nitrogens with zero attached hydrogens (tertiary/aromatic N) is 1. The third-order valence-electron chi connectivity index (χ3n) is 6.63. The Bertz CT molecular complexity index is 524. The number of amides is 1. The van der Waals surface area contributed by atoms with Crippen molar-refractivity contribution in [3.05, 3.63) is 0 Å². The highest BCUT2D eigenvalue weighted by atomic mass is 16.6. The third-order valence-corrected chi connectivity index (χ3v) is 6.63. The monoisotopic (exact) mass is 455 g/mol. The van der Waals surface area contributed by atoms with Gasteiger partial charge in [-0.1, -0.05) is 71.1 Å². The normalized spacial score (nSPS) is 21.2. The van der Waals surface area contributed by atoms with Crippen molar-refractivity contribution in [1.82, 2.24) is 10.4 Å². The van der Waals surface area contributed by atoms with Crippen molar-refractivity contribution < 1.29 is 19.8 Å². The predicted octanol–water partition coefficient (Wildman–Crippen LogP) is 5.90. The molecule has 1 amide bonds. The number of ether oxygens (including phenoxy) is 1. The van der Waals surface area contributed by atoms with E-state index in [1.165, 1.54) is 57.8 Å². The van der Waals surface area contributed by atoms with E-state index < -0.39 is 16.8 Å². The Hall–Kier alpha value is -0.690. The van der Waals surface area contributed by atoms with Gasteiger partial charge in [-0.25, -0.2) is 0 Å². The Kier molecular flexibility index (Phi) is 13.3. The van der Waals surface area contributed by atoms with Crippen molar-refractivity contribution in [3.8, 4) is 0 Å². The highest BCUT2D eigenvalue weighted by Gasteiger charge is 2.52. The second-order valence-corrected chi connectivity index (χ2v) is 11.1. The Balaban J connectivity index is 2.36. The number of aliphatic hydroxyl groups is 1. The van der Waals surface area contributed by atoms with Crippen LogP contribution in [0.2, 0.25) is 0 Å². The average Bonchev–Trinajstić information content (AvgIpc) is 2.96. The van der Waals surface area contributed by atoms with E-state index in [2.05, 4.69) is 12.2 Å². The van der Waals surface area contributed by atoms with Crippen molar-refractivity contribution in [2.75, 3.05) is 13.2 Å². The molecule has 1 atom stereocenters. The zero-order valence-corrected chi connectivity index (χ0v) is 21.6. The highest BCUT2D eigenvalue weighted by Crippen LogP contribution is 2.40. The molecule has 1 aliphatic heterocycles. The summed E-state index contributed by atoms with van der Waals surface area (Å²) in [6.45, 7) is 10.0. The Labute approximate surface area is 197 Å². The number of rotatable bonds is 18. The molecule has 6 nitrogen and oxygen atoms in total. The summed E-state index contributed by atoms with van der Waals surface area (Å²) in [5, 5.41) is 26.4. The number of aliphatic hydroxyl groups excluding tert-OH is 1. The number of nitrogens with one attached hydrogen (secondary N) is 1. The van der Waals surface area contributed by atoms with E-state index in [0.29, 0.717) is 25.9 Å². The maximum Gasteiger partial charge on any atom is 0.220 e. The van der Waals surface area contributed by atoms with Crippen molar-refractivity contribution in [2.45, 2.75) is 148 Å². The van der Waals surface area contributed by atoms with Crippen LogP contribution in [0.4, 0.5) is 0 Å². The minimum Gasteiger partial charge on any atom is -0.394 e. The van der Waals surface area contributed by atoms with E-state index in [4.69, 9.17) is 4.74 Å². The summed E-state index contributed by atoms with van der Waals surface area (Å²) in [5.74, 6) is -0.0939. The molecule has 1 fully saturated rings. The van der Waals surface area contributed by atoms with Crippen LogP contribution in [-0.4, -0.2) is 46.1 Å². The van der Waals surface area contributed by atoms with E-state index in [-0.39, 0.29) is 12.5 Å². The summed E-state index contributed by atoms with van der Waals surface area (Å²) < 4.78 is 6.11. The zero-order chi connectivity index (χ0) is 24.1. The van der Waals surface area contributed by atoms with Crippen LogP contribution in [0.15, 0.2) is 0 Å². The second kappa shape index (κ2) is 14.5. The van der Waals surface area contributed by atoms with Crippen LogP contribution in [-0.2, 0) is 14.7 Å². The molecule has 1 aliphatic rings. The van der Waals surface area contributed by atoms with Gasteiger partial charge in [-0.15, -0.1) is 10.3 Å². The molecule has 0 aromatic carbocycles. The average molecular weight is 456 g/mol. The number of carbonyl (C=O) groups is 1. The molecule has 1 saturated heterocycles. The summed E-state index contributed by atoms with van der Waals surface area (Å²) in [6, 6.07) is 0. The first kappa shape index (κ1) is 29.3. The van der Waals surface area contributed by atoms with Crippen LogP contribution >= 0.6 is 0 Å². The van der Waals surface area contributed by atoms with Crippen molar-refractivity contribution >= 4 is 5.91 Å². The largest absolute Gasteiger partial charge is 0.394 e. The van der Waals surface area contributed by atoms with Crippen LogP contribution in [0.25, 0.3) is 0 Å². The number of hydrogen-bond acceptors (Lipinski definition) is 4. The van der Waals surface area contributed by atoms with Gasteiger partial charge < -0.3 is 15.2 Å². The molecule has 0 saturated carbocycles. The summed E-state index contributed by atoms with van der Waals surface area (Å²) in [5.41, 5.74) is -1.96. The summed E-state index contributed by atoms with van der Waals surface area (Å²) in [7, 11) is 0. The minimum atomic E-state index is -0.810. The standard InChI is InChI=1S/C26H51N2O4/c1-6-7-8-9-10-11-12-13-14-15-16-19-26(28(31)25(4,5)22-32-26)20-17-18-23(30)27-24(2,3)21-29/h29H,6-22H2,1-5H3,(H,27,30). The van der Waals surface area contributed by atoms with Crippen LogP contribution < -0.4 is 5.32 Å². The lowest BCUT2D eigenvalue weighted by Gasteiger charge is -2.35. The number of hydrogen-bond donors (Lipinski definition) is 2. The maximum atomic E-state index is 13.1. The molecule has 32 heavy (non-hydrogen) atoms. The molecular weight excluding hydrogens is 404 g/mol. The molecule has 189 valence electrons. The lowest BCUT2D eigenvalue weighted by Crippen LogP contribution is -2.49. The van der Waals surface area contributed by atoms with Crippen LogP contribution in [0.3, 0.4) is 0 Å². The van der Waals surface area contributed by atoms with Gasteiger partial charge >= 0.3 is 0 Å².